The molecule has 0 aromatic heterocycles. The molecule has 1 saturated carbocycles. The Labute approximate surface area is 161 Å². The van der Waals surface area contributed by atoms with Crippen LogP contribution in [-0.4, -0.2) is 25.1 Å². The highest BCUT2D eigenvalue weighted by molar-refractivity contribution is 7.92. The number of hydrogen-bond acceptors (Lipinski definition) is 4. The van der Waals surface area contributed by atoms with Crippen molar-refractivity contribution in [3.8, 4) is 0 Å². The lowest BCUT2D eigenvalue weighted by molar-refractivity contribution is -0.00468. The van der Waals surface area contributed by atoms with E-state index in [2.05, 4.69) is 5.16 Å². The van der Waals surface area contributed by atoms with Gasteiger partial charge in [0, 0.05) is 6.42 Å². The number of oxime groups is 1. The van der Waals surface area contributed by atoms with Crippen LogP contribution in [0.25, 0.3) is 0 Å². The summed E-state index contributed by atoms with van der Waals surface area (Å²) in [6.07, 6.45) is 5.11. The lowest BCUT2D eigenvalue weighted by Crippen LogP contribution is -2.39. The number of nitrogens with zero attached hydrogens (tertiary/aromatic N) is 1. The average molecular weight is 384 g/mol. The fraction of sp³-hybridized carbons (Fsp3) is 0.409. The summed E-state index contributed by atoms with van der Waals surface area (Å²) in [4.78, 5) is 5.93. The Bertz CT molecular complexity index is 903. The van der Waals surface area contributed by atoms with Crippen molar-refractivity contribution in [2.24, 2.45) is 5.16 Å². The third kappa shape index (κ3) is 3.79. The van der Waals surface area contributed by atoms with E-state index < -0.39 is 15.4 Å². The third-order valence-electron chi connectivity index (χ3n) is 5.68. The Hall–Kier alpha value is -2.14. The molecule has 1 heterocycles. The Morgan fingerprint density at radius 1 is 0.926 bits per heavy atom. The molecule has 1 fully saturated rings. The van der Waals surface area contributed by atoms with Crippen LogP contribution in [0.3, 0.4) is 0 Å². The van der Waals surface area contributed by atoms with E-state index in [0.717, 1.165) is 48.9 Å². The van der Waals surface area contributed by atoms with E-state index in [1.807, 2.05) is 60.7 Å². The monoisotopic (exact) mass is 383 g/mol. The second kappa shape index (κ2) is 7.47. The molecule has 0 amide bonds. The van der Waals surface area contributed by atoms with E-state index in [-0.39, 0.29) is 11.0 Å². The summed E-state index contributed by atoms with van der Waals surface area (Å²) in [5.41, 5.74) is 1.71. The molecule has 5 heteroatoms. The first-order valence-electron chi connectivity index (χ1n) is 9.67. The van der Waals surface area contributed by atoms with Crippen molar-refractivity contribution < 1.29 is 13.3 Å². The molecule has 0 unspecified atom stereocenters. The smallest absolute Gasteiger partial charge is 0.182 e. The van der Waals surface area contributed by atoms with Gasteiger partial charge in [-0.2, -0.15) is 0 Å². The Morgan fingerprint density at radius 2 is 1.56 bits per heavy atom. The van der Waals surface area contributed by atoms with Gasteiger partial charge in [-0.3, -0.25) is 0 Å². The van der Waals surface area contributed by atoms with Crippen LogP contribution in [0.2, 0.25) is 0 Å². The van der Waals surface area contributed by atoms with Crippen LogP contribution in [0.4, 0.5) is 0 Å². The second-order valence-electron chi connectivity index (χ2n) is 7.60. The fourth-order valence-electron chi connectivity index (χ4n) is 4.19. The Kier molecular flexibility index (Phi) is 5.04. The SMILES string of the molecule is O=S(=O)(C[C@@]1(c2ccccc2)CC(c2ccccc2)=NO1)C1CCCCC1. The van der Waals surface area contributed by atoms with Crippen LogP contribution in [-0.2, 0) is 20.3 Å². The average Bonchev–Trinajstić information content (AvgIpc) is 3.15. The van der Waals surface area contributed by atoms with Gasteiger partial charge in [0.25, 0.3) is 0 Å². The first-order valence-corrected chi connectivity index (χ1v) is 11.4. The van der Waals surface area contributed by atoms with E-state index in [9.17, 15) is 8.42 Å². The van der Waals surface area contributed by atoms with Crippen molar-refractivity contribution in [3.05, 3.63) is 71.8 Å². The minimum atomic E-state index is -3.28. The van der Waals surface area contributed by atoms with E-state index in [0.29, 0.717) is 6.42 Å². The van der Waals surface area contributed by atoms with E-state index in [1.165, 1.54) is 0 Å². The molecule has 1 atom stereocenters. The van der Waals surface area contributed by atoms with Crippen LogP contribution in [0.15, 0.2) is 65.8 Å². The molecule has 27 heavy (non-hydrogen) atoms. The molecule has 1 aliphatic heterocycles. The Balaban J connectivity index is 1.65. The third-order valence-corrected chi connectivity index (χ3v) is 8.04. The van der Waals surface area contributed by atoms with Gasteiger partial charge in [0.15, 0.2) is 15.4 Å². The number of rotatable bonds is 5. The highest BCUT2D eigenvalue weighted by Crippen LogP contribution is 2.39. The summed E-state index contributed by atoms with van der Waals surface area (Å²) in [6.45, 7) is 0. The van der Waals surface area contributed by atoms with Gasteiger partial charge in [0.1, 0.15) is 0 Å². The zero-order valence-corrected chi connectivity index (χ0v) is 16.2. The van der Waals surface area contributed by atoms with Gasteiger partial charge in [0.2, 0.25) is 0 Å². The van der Waals surface area contributed by atoms with Crippen LogP contribution in [0.5, 0.6) is 0 Å². The van der Waals surface area contributed by atoms with Crippen molar-refractivity contribution in [1.29, 1.82) is 0 Å². The lowest BCUT2D eigenvalue weighted by Gasteiger charge is -2.30. The topological polar surface area (TPSA) is 55.7 Å². The summed E-state index contributed by atoms with van der Waals surface area (Å²) in [6, 6.07) is 19.5. The predicted molar refractivity (Wildman–Crippen MR) is 107 cm³/mol. The molecule has 4 rings (SSSR count). The summed E-state index contributed by atoms with van der Waals surface area (Å²) in [5, 5.41) is 4.06. The van der Waals surface area contributed by atoms with Gasteiger partial charge >= 0.3 is 0 Å². The van der Waals surface area contributed by atoms with E-state index in [4.69, 9.17) is 4.84 Å². The minimum absolute atomic E-state index is 0.0193. The minimum Gasteiger partial charge on any atom is -0.383 e. The van der Waals surface area contributed by atoms with E-state index in [1.54, 1.807) is 0 Å². The molecule has 0 spiro atoms. The largest absolute Gasteiger partial charge is 0.383 e. The number of hydrogen-bond donors (Lipinski definition) is 0. The highest BCUT2D eigenvalue weighted by atomic mass is 32.2. The highest BCUT2D eigenvalue weighted by Gasteiger charge is 2.46. The fourth-order valence-corrected chi connectivity index (χ4v) is 6.45. The maximum absolute atomic E-state index is 13.2. The van der Waals surface area contributed by atoms with Gasteiger partial charge in [-0.05, 0) is 24.0 Å². The van der Waals surface area contributed by atoms with Crippen molar-refractivity contribution >= 4 is 15.5 Å². The van der Waals surface area contributed by atoms with Crippen molar-refractivity contribution in [2.75, 3.05) is 5.75 Å². The van der Waals surface area contributed by atoms with Crippen LogP contribution in [0, 0.1) is 0 Å². The summed E-state index contributed by atoms with van der Waals surface area (Å²) in [7, 11) is -3.28. The van der Waals surface area contributed by atoms with Crippen molar-refractivity contribution in [1.82, 2.24) is 0 Å². The van der Waals surface area contributed by atoms with Crippen LogP contribution in [0.1, 0.15) is 49.7 Å². The standard InChI is InChI=1S/C22H25NO3S/c24-27(25,20-14-8-3-9-15-20)17-22(19-12-6-2-7-13-19)16-21(23-26-22)18-10-4-1-5-11-18/h1-2,4-7,10-13,20H,3,8-9,14-17H2/t22-/m1/s1. The molecule has 0 saturated heterocycles. The maximum Gasteiger partial charge on any atom is 0.182 e. The molecule has 2 aromatic rings. The number of sulfone groups is 1. The Morgan fingerprint density at radius 3 is 2.22 bits per heavy atom. The zero-order chi connectivity index (χ0) is 18.7. The first-order chi connectivity index (χ1) is 13.1. The normalized spacial score (nSPS) is 23.6. The van der Waals surface area contributed by atoms with Crippen molar-refractivity contribution in [2.45, 2.75) is 49.4 Å². The molecule has 2 aliphatic rings. The molecule has 1 aliphatic carbocycles. The van der Waals surface area contributed by atoms with Gasteiger partial charge in [0.05, 0.1) is 16.7 Å². The molecule has 142 valence electrons. The first kappa shape index (κ1) is 18.2. The molecule has 4 nitrogen and oxygen atoms in total. The zero-order valence-electron chi connectivity index (χ0n) is 15.4. The van der Waals surface area contributed by atoms with Crippen LogP contribution < -0.4 is 0 Å². The lowest BCUT2D eigenvalue weighted by atomic mass is 9.89. The summed E-state index contributed by atoms with van der Waals surface area (Å²) < 4.78 is 26.5. The molecule has 2 aromatic carbocycles. The second-order valence-corrected chi connectivity index (χ2v) is 9.88. The van der Waals surface area contributed by atoms with Gasteiger partial charge in [-0.25, -0.2) is 8.42 Å². The molecule has 0 N–H and O–H groups in total. The predicted octanol–water partition coefficient (Wildman–Crippen LogP) is 4.45. The molecular weight excluding hydrogens is 358 g/mol. The molecular formula is C22H25NO3S. The van der Waals surface area contributed by atoms with E-state index >= 15 is 0 Å². The number of benzene rings is 2. The van der Waals surface area contributed by atoms with Crippen molar-refractivity contribution in [3.63, 3.8) is 0 Å². The van der Waals surface area contributed by atoms with Crippen LogP contribution >= 0.6 is 0 Å². The summed E-state index contributed by atoms with van der Waals surface area (Å²) >= 11 is 0. The van der Waals surface area contributed by atoms with Gasteiger partial charge in [-0.1, -0.05) is 85.1 Å². The molecule has 0 bridgehead atoms. The van der Waals surface area contributed by atoms with Gasteiger partial charge < -0.3 is 4.84 Å². The molecule has 0 radical (unpaired) electrons. The summed E-state index contributed by atoms with van der Waals surface area (Å²) in [5.74, 6) is -0.0193. The quantitative estimate of drug-likeness (QED) is 0.766. The van der Waals surface area contributed by atoms with Gasteiger partial charge in [-0.15, -0.1) is 0 Å². The maximum atomic E-state index is 13.2.